The fraction of sp³-hybridized carbons (Fsp3) is 0.860. The Morgan fingerprint density at radius 2 is 0.613 bits per heavy atom. The highest BCUT2D eigenvalue weighted by atomic mass is 16.6. The van der Waals surface area contributed by atoms with Crippen molar-refractivity contribution in [3.63, 3.8) is 0 Å². The van der Waals surface area contributed by atoms with E-state index in [1.54, 1.807) is 0 Å². The molecule has 0 heterocycles. The number of hydrogen-bond acceptors (Lipinski definition) is 5. The summed E-state index contributed by atoms with van der Waals surface area (Å²) in [6.07, 6.45) is 64.6. The van der Waals surface area contributed by atoms with Gasteiger partial charge in [-0.3, -0.25) is 9.59 Å². The SMILES string of the molecule is CCCCC/C=C\C/C=C\CCCCCCCCOC(COC(=O)CCCCCCC/C=C\CCCCCCCC)COC(=O)CCCCCCCCCCCCCCCCC. The van der Waals surface area contributed by atoms with E-state index in [1.165, 1.54) is 205 Å². The molecule has 62 heavy (non-hydrogen) atoms. The Balaban J connectivity index is 4.26. The van der Waals surface area contributed by atoms with Gasteiger partial charge in [0.2, 0.25) is 0 Å². The third kappa shape index (κ3) is 50.8. The van der Waals surface area contributed by atoms with Crippen molar-refractivity contribution in [1.82, 2.24) is 0 Å². The molecule has 5 heteroatoms. The van der Waals surface area contributed by atoms with Crippen LogP contribution < -0.4 is 0 Å². The van der Waals surface area contributed by atoms with Crippen LogP contribution in [-0.2, 0) is 23.8 Å². The van der Waals surface area contributed by atoms with E-state index in [9.17, 15) is 9.59 Å². The van der Waals surface area contributed by atoms with E-state index < -0.39 is 6.10 Å². The Morgan fingerprint density at radius 3 is 0.984 bits per heavy atom. The summed E-state index contributed by atoms with van der Waals surface area (Å²) in [5, 5.41) is 0. The second kappa shape index (κ2) is 53.5. The summed E-state index contributed by atoms with van der Waals surface area (Å²) in [6, 6.07) is 0. The molecule has 0 aliphatic carbocycles. The topological polar surface area (TPSA) is 61.8 Å². The number of carbonyl (C=O) groups excluding carboxylic acids is 2. The summed E-state index contributed by atoms with van der Waals surface area (Å²) >= 11 is 0. The number of allylic oxidation sites excluding steroid dienone is 6. The van der Waals surface area contributed by atoms with Crippen molar-refractivity contribution in [2.45, 2.75) is 297 Å². The van der Waals surface area contributed by atoms with Crippen LogP contribution in [0.25, 0.3) is 0 Å². The molecule has 0 aliphatic rings. The molecule has 0 aliphatic heterocycles. The summed E-state index contributed by atoms with van der Waals surface area (Å²) in [6.45, 7) is 7.71. The summed E-state index contributed by atoms with van der Waals surface area (Å²) in [4.78, 5) is 25.2. The average molecular weight is 871 g/mol. The van der Waals surface area contributed by atoms with Gasteiger partial charge in [-0.05, 0) is 77.0 Å². The monoisotopic (exact) mass is 871 g/mol. The first-order valence-electron chi connectivity index (χ1n) is 27.5. The molecule has 5 nitrogen and oxygen atoms in total. The van der Waals surface area contributed by atoms with E-state index in [4.69, 9.17) is 14.2 Å². The largest absolute Gasteiger partial charge is 0.463 e. The van der Waals surface area contributed by atoms with E-state index in [-0.39, 0.29) is 25.2 Å². The standard InChI is InChI=1S/C57H106O5/c1-4-7-10-13-16-19-22-25-28-31-34-37-40-43-46-49-52-60-55(53-61-56(58)50-47-44-41-38-35-32-29-26-23-20-17-14-11-8-5-2)54-62-57(59)51-48-45-42-39-36-33-30-27-24-21-18-15-12-9-6-3/h16,19,25-26,28-29,55H,4-15,17-18,20-24,27,30-54H2,1-3H3/b19-16-,28-25-,29-26-. The first-order valence-corrected chi connectivity index (χ1v) is 27.5. The van der Waals surface area contributed by atoms with Gasteiger partial charge in [-0.15, -0.1) is 0 Å². The number of hydrogen-bond donors (Lipinski definition) is 0. The van der Waals surface area contributed by atoms with Gasteiger partial charge < -0.3 is 14.2 Å². The highest BCUT2D eigenvalue weighted by molar-refractivity contribution is 5.69. The van der Waals surface area contributed by atoms with Crippen LogP contribution in [0.5, 0.6) is 0 Å². The summed E-state index contributed by atoms with van der Waals surface area (Å²) < 4.78 is 17.5. The van der Waals surface area contributed by atoms with Crippen molar-refractivity contribution >= 4 is 11.9 Å². The predicted molar refractivity (Wildman–Crippen MR) is 270 cm³/mol. The highest BCUT2D eigenvalue weighted by Crippen LogP contribution is 2.15. The lowest BCUT2D eigenvalue weighted by atomic mass is 10.0. The normalized spacial score (nSPS) is 12.4. The van der Waals surface area contributed by atoms with Crippen LogP contribution in [0, 0.1) is 0 Å². The van der Waals surface area contributed by atoms with E-state index in [1.807, 2.05) is 0 Å². The Labute approximate surface area is 387 Å². The van der Waals surface area contributed by atoms with Crippen LogP contribution in [0.4, 0.5) is 0 Å². The molecule has 0 aromatic carbocycles. The number of carbonyl (C=O) groups is 2. The molecule has 1 unspecified atom stereocenters. The van der Waals surface area contributed by atoms with Gasteiger partial charge in [0.25, 0.3) is 0 Å². The average Bonchev–Trinajstić information content (AvgIpc) is 3.28. The van der Waals surface area contributed by atoms with Gasteiger partial charge in [0, 0.05) is 19.4 Å². The minimum absolute atomic E-state index is 0.151. The van der Waals surface area contributed by atoms with Crippen molar-refractivity contribution in [3.05, 3.63) is 36.5 Å². The Kier molecular flexibility index (Phi) is 51.8. The maximum absolute atomic E-state index is 12.6. The molecule has 0 saturated carbocycles. The molecule has 0 rings (SSSR count). The number of rotatable bonds is 51. The van der Waals surface area contributed by atoms with Crippen LogP contribution in [-0.4, -0.2) is 37.9 Å². The van der Waals surface area contributed by atoms with Gasteiger partial charge in [-0.1, -0.05) is 237 Å². The predicted octanol–water partition coefficient (Wildman–Crippen LogP) is 18.6. The zero-order valence-corrected chi connectivity index (χ0v) is 41.9. The second-order valence-electron chi connectivity index (χ2n) is 18.5. The van der Waals surface area contributed by atoms with Crippen LogP contribution in [0.15, 0.2) is 36.5 Å². The Bertz CT molecular complexity index is 986. The van der Waals surface area contributed by atoms with Gasteiger partial charge in [0.15, 0.2) is 0 Å². The van der Waals surface area contributed by atoms with Crippen molar-refractivity contribution in [1.29, 1.82) is 0 Å². The molecule has 1 atom stereocenters. The molecule has 364 valence electrons. The third-order valence-corrected chi connectivity index (χ3v) is 12.2. The molecule has 0 N–H and O–H groups in total. The molecule has 0 aromatic heterocycles. The number of ether oxygens (including phenoxy) is 3. The molecule has 0 aromatic rings. The molecule has 0 amide bonds. The fourth-order valence-corrected chi connectivity index (χ4v) is 7.98. The van der Waals surface area contributed by atoms with Crippen LogP contribution in [0.1, 0.15) is 290 Å². The third-order valence-electron chi connectivity index (χ3n) is 12.2. The van der Waals surface area contributed by atoms with Gasteiger partial charge in [0.05, 0.1) is 0 Å². The van der Waals surface area contributed by atoms with E-state index in [0.29, 0.717) is 19.4 Å². The second-order valence-corrected chi connectivity index (χ2v) is 18.5. The Hall–Kier alpha value is -1.88. The molecule has 0 bridgehead atoms. The van der Waals surface area contributed by atoms with Gasteiger partial charge in [-0.25, -0.2) is 0 Å². The zero-order valence-electron chi connectivity index (χ0n) is 41.9. The lowest BCUT2D eigenvalue weighted by Gasteiger charge is -2.18. The molecular weight excluding hydrogens is 765 g/mol. The maximum atomic E-state index is 12.6. The first kappa shape index (κ1) is 60.1. The van der Waals surface area contributed by atoms with Crippen LogP contribution in [0.3, 0.4) is 0 Å². The van der Waals surface area contributed by atoms with Crippen molar-refractivity contribution in [2.75, 3.05) is 19.8 Å². The maximum Gasteiger partial charge on any atom is 0.305 e. The van der Waals surface area contributed by atoms with Crippen molar-refractivity contribution < 1.29 is 23.8 Å². The quantitative estimate of drug-likeness (QED) is 0.0346. The van der Waals surface area contributed by atoms with E-state index in [0.717, 1.165) is 51.4 Å². The number of unbranched alkanes of at least 4 members (excludes halogenated alkanes) is 34. The number of esters is 2. The van der Waals surface area contributed by atoms with Gasteiger partial charge in [-0.2, -0.15) is 0 Å². The van der Waals surface area contributed by atoms with Crippen molar-refractivity contribution in [2.24, 2.45) is 0 Å². The minimum Gasteiger partial charge on any atom is -0.463 e. The molecule has 0 radical (unpaired) electrons. The van der Waals surface area contributed by atoms with Gasteiger partial charge in [0.1, 0.15) is 19.3 Å². The molecule has 0 saturated heterocycles. The molecule has 0 fully saturated rings. The van der Waals surface area contributed by atoms with E-state index in [2.05, 4.69) is 57.2 Å². The summed E-state index contributed by atoms with van der Waals surface area (Å²) in [7, 11) is 0. The van der Waals surface area contributed by atoms with Crippen molar-refractivity contribution in [3.8, 4) is 0 Å². The lowest BCUT2D eigenvalue weighted by molar-refractivity contribution is -0.155. The fourth-order valence-electron chi connectivity index (χ4n) is 7.98. The zero-order chi connectivity index (χ0) is 44.9. The van der Waals surface area contributed by atoms with Crippen LogP contribution in [0.2, 0.25) is 0 Å². The smallest absolute Gasteiger partial charge is 0.305 e. The van der Waals surface area contributed by atoms with E-state index >= 15 is 0 Å². The van der Waals surface area contributed by atoms with Crippen LogP contribution >= 0.6 is 0 Å². The lowest BCUT2D eigenvalue weighted by Crippen LogP contribution is -2.29. The molecular formula is C57H106O5. The first-order chi connectivity index (χ1) is 30.6. The molecule has 0 spiro atoms. The summed E-state index contributed by atoms with van der Waals surface area (Å²) in [5.74, 6) is -0.337. The minimum atomic E-state index is -0.406. The van der Waals surface area contributed by atoms with Gasteiger partial charge >= 0.3 is 11.9 Å². The Morgan fingerprint density at radius 1 is 0.339 bits per heavy atom. The highest BCUT2D eigenvalue weighted by Gasteiger charge is 2.16. The summed E-state index contributed by atoms with van der Waals surface area (Å²) in [5.41, 5.74) is 0.